The molecule has 1 N–H and O–H groups in total. The molecule has 2 aromatic rings. The van der Waals surface area contributed by atoms with Crippen LogP contribution < -0.4 is 10.1 Å². The zero-order chi connectivity index (χ0) is 13.4. The molecule has 0 saturated carbocycles. The third kappa shape index (κ3) is 2.41. The molecule has 0 aliphatic carbocycles. The predicted octanol–water partition coefficient (Wildman–Crippen LogP) is 4.50. The van der Waals surface area contributed by atoms with E-state index in [-0.39, 0.29) is 6.10 Å². The van der Waals surface area contributed by atoms with Crippen LogP contribution in [0.15, 0.2) is 36.4 Å². The van der Waals surface area contributed by atoms with Gasteiger partial charge < -0.3 is 10.1 Å². The lowest BCUT2D eigenvalue weighted by atomic mass is 10.0. The first kappa shape index (κ1) is 12.4. The van der Waals surface area contributed by atoms with Crippen LogP contribution in [0.1, 0.15) is 22.8 Å². The van der Waals surface area contributed by atoms with Gasteiger partial charge >= 0.3 is 0 Å². The van der Waals surface area contributed by atoms with Crippen LogP contribution in [0.4, 0.5) is 5.69 Å². The maximum absolute atomic E-state index is 6.05. The van der Waals surface area contributed by atoms with Gasteiger partial charge in [-0.3, -0.25) is 0 Å². The van der Waals surface area contributed by atoms with Crippen molar-refractivity contribution >= 4 is 17.3 Å². The monoisotopic (exact) mass is 273 g/mol. The van der Waals surface area contributed by atoms with E-state index in [0.717, 1.165) is 18.0 Å². The summed E-state index contributed by atoms with van der Waals surface area (Å²) in [6.45, 7) is 5.02. The first-order valence-corrected chi connectivity index (χ1v) is 6.78. The predicted molar refractivity (Wildman–Crippen MR) is 79.2 cm³/mol. The molecule has 0 bridgehead atoms. The fraction of sp³-hybridized carbons (Fsp3) is 0.250. The van der Waals surface area contributed by atoms with Crippen molar-refractivity contribution in [2.24, 2.45) is 0 Å². The average molecular weight is 274 g/mol. The molecule has 0 aromatic heterocycles. The topological polar surface area (TPSA) is 21.3 Å². The van der Waals surface area contributed by atoms with E-state index < -0.39 is 0 Å². The van der Waals surface area contributed by atoms with Gasteiger partial charge in [0, 0.05) is 11.1 Å². The Labute approximate surface area is 118 Å². The van der Waals surface area contributed by atoms with Crippen molar-refractivity contribution in [3.05, 3.63) is 58.1 Å². The molecule has 0 spiro atoms. The van der Waals surface area contributed by atoms with Crippen molar-refractivity contribution in [1.82, 2.24) is 0 Å². The van der Waals surface area contributed by atoms with E-state index in [9.17, 15) is 0 Å². The van der Waals surface area contributed by atoms with Gasteiger partial charge in [-0.25, -0.2) is 0 Å². The number of aryl methyl sites for hydroxylation is 2. The molecular formula is C16H16ClNO. The van der Waals surface area contributed by atoms with Gasteiger partial charge in [-0.05, 0) is 42.7 Å². The van der Waals surface area contributed by atoms with Crippen LogP contribution in [0.3, 0.4) is 0 Å². The Morgan fingerprint density at radius 2 is 1.95 bits per heavy atom. The number of nitrogens with one attached hydrogen (secondary N) is 1. The summed E-state index contributed by atoms with van der Waals surface area (Å²) in [5, 5.41) is 4.08. The molecule has 98 valence electrons. The largest absolute Gasteiger partial charge is 0.482 e. The van der Waals surface area contributed by atoms with Gasteiger partial charge in [0.25, 0.3) is 0 Å². The lowest BCUT2D eigenvalue weighted by Gasteiger charge is -2.28. The summed E-state index contributed by atoms with van der Waals surface area (Å²) in [7, 11) is 0. The third-order valence-corrected chi connectivity index (χ3v) is 3.83. The van der Waals surface area contributed by atoms with E-state index in [1.54, 1.807) is 0 Å². The second-order valence-corrected chi connectivity index (χ2v) is 5.41. The fourth-order valence-corrected chi connectivity index (χ4v) is 2.45. The Morgan fingerprint density at radius 1 is 1.11 bits per heavy atom. The Balaban J connectivity index is 1.90. The second-order valence-electron chi connectivity index (χ2n) is 4.97. The first-order chi connectivity index (χ1) is 9.13. The van der Waals surface area contributed by atoms with Crippen LogP contribution in [0, 0.1) is 13.8 Å². The lowest BCUT2D eigenvalue weighted by Crippen LogP contribution is -2.23. The van der Waals surface area contributed by atoms with Crippen molar-refractivity contribution < 1.29 is 4.74 Å². The molecule has 1 aliphatic heterocycles. The maximum atomic E-state index is 6.05. The van der Waals surface area contributed by atoms with Crippen molar-refractivity contribution in [2.75, 3.05) is 11.9 Å². The van der Waals surface area contributed by atoms with E-state index in [1.807, 2.05) is 18.2 Å². The summed E-state index contributed by atoms with van der Waals surface area (Å²) in [6.07, 6.45) is 0.0327. The number of benzene rings is 2. The minimum atomic E-state index is 0.0327. The highest BCUT2D eigenvalue weighted by Gasteiger charge is 2.21. The van der Waals surface area contributed by atoms with Crippen molar-refractivity contribution in [1.29, 1.82) is 0 Å². The Morgan fingerprint density at radius 3 is 2.74 bits per heavy atom. The maximum Gasteiger partial charge on any atom is 0.144 e. The average Bonchev–Trinajstić information content (AvgIpc) is 2.41. The summed E-state index contributed by atoms with van der Waals surface area (Å²) in [6, 6.07) is 12.1. The molecule has 0 amide bonds. The zero-order valence-electron chi connectivity index (χ0n) is 11.0. The second kappa shape index (κ2) is 4.78. The van der Waals surface area contributed by atoms with Crippen LogP contribution >= 0.6 is 11.6 Å². The van der Waals surface area contributed by atoms with Gasteiger partial charge in [-0.2, -0.15) is 0 Å². The first-order valence-electron chi connectivity index (χ1n) is 6.41. The standard InChI is InChI=1S/C16H16ClNO/c1-10-3-4-12(7-11(10)2)16-9-18-14-6-5-13(17)8-15(14)19-16/h3-8,16,18H,9H2,1-2H3. The molecule has 0 fully saturated rings. The third-order valence-electron chi connectivity index (χ3n) is 3.59. The summed E-state index contributed by atoms with van der Waals surface area (Å²) in [5.41, 5.74) is 4.79. The van der Waals surface area contributed by atoms with E-state index in [0.29, 0.717) is 5.02 Å². The van der Waals surface area contributed by atoms with Crippen LogP contribution in [0.25, 0.3) is 0 Å². The van der Waals surface area contributed by atoms with Crippen LogP contribution in [0.2, 0.25) is 5.02 Å². The molecule has 1 atom stereocenters. The van der Waals surface area contributed by atoms with Gasteiger partial charge in [0.1, 0.15) is 11.9 Å². The van der Waals surface area contributed by atoms with Crippen LogP contribution in [-0.4, -0.2) is 6.54 Å². The van der Waals surface area contributed by atoms with E-state index in [4.69, 9.17) is 16.3 Å². The van der Waals surface area contributed by atoms with E-state index >= 15 is 0 Å². The summed E-state index contributed by atoms with van der Waals surface area (Å²) in [4.78, 5) is 0. The van der Waals surface area contributed by atoms with E-state index in [2.05, 4.69) is 37.4 Å². The smallest absolute Gasteiger partial charge is 0.144 e. The van der Waals surface area contributed by atoms with Gasteiger partial charge in [-0.1, -0.05) is 29.8 Å². The molecule has 2 aromatic carbocycles. The zero-order valence-corrected chi connectivity index (χ0v) is 11.8. The number of halogens is 1. The van der Waals surface area contributed by atoms with Gasteiger partial charge in [0.15, 0.2) is 0 Å². The number of hydrogen-bond acceptors (Lipinski definition) is 2. The molecule has 2 nitrogen and oxygen atoms in total. The number of hydrogen-bond donors (Lipinski definition) is 1. The summed E-state index contributed by atoms with van der Waals surface area (Å²) < 4.78 is 6.05. The van der Waals surface area contributed by atoms with Crippen LogP contribution in [-0.2, 0) is 0 Å². The fourth-order valence-electron chi connectivity index (χ4n) is 2.29. The molecule has 0 saturated heterocycles. The molecule has 3 rings (SSSR count). The highest BCUT2D eigenvalue weighted by atomic mass is 35.5. The van der Waals surface area contributed by atoms with Crippen molar-refractivity contribution in [2.45, 2.75) is 20.0 Å². The Hall–Kier alpha value is -1.67. The Bertz CT molecular complexity index is 624. The number of rotatable bonds is 1. The Kier molecular flexibility index (Phi) is 3.11. The molecule has 1 aliphatic rings. The minimum Gasteiger partial charge on any atom is -0.482 e. The highest BCUT2D eigenvalue weighted by molar-refractivity contribution is 6.30. The number of anilines is 1. The molecule has 1 unspecified atom stereocenters. The van der Waals surface area contributed by atoms with Crippen molar-refractivity contribution in [3.8, 4) is 5.75 Å². The van der Waals surface area contributed by atoms with E-state index in [1.165, 1.54) is 16.7 Å². The van der Waals surface area contributed by atoms with Gasteiger partial charge in [0.05, 0.1) is 12.2 Å². The molecule has 3 heteroatoms. The lowest BCUT2D eigenvalue weighted by molar-refractivity contribution is 0.210. The summed E-state index contributed by atoms with van der Waals surface area (Å²) >= 11 is 6.01. The number of ether oxygens (including phenoxy) is 1. The molecule has 1 heterocycles. The van der Waals surface area contributed by atoms with Crippen LogP contribution in [0.5, 0.6) is 5.75 Å². The van der Waals surface area contributed by atoms with Crippen molar-refractivity contribution in [3.63, 3.8) is 0 Å². The SMILES string of the molecule is Cc1ccc(C2CNc3ccc(Cl)cc3O2)cc1C. The summed E-state index contributed by atoms with van der Waals surface area (Å²) in [5.74, 6) is 0.821. The van der Waals surface area contributed by atoms with Gasteiger partial charge in [-0.15, -0.1) is 0 Å². The quantitative estimate of drug-likeness (QED) is 0.826. The molecular weight excluding hydrogens is 258 g/mol. The van der Waals surface area contributed by atoms with Gasteiger partial charge in [0.2, 0.25) is 0 Å². The highest BCUT2D eigenvalue weighted by Crippen LogP contribution is 2.36. The molecule has 19 heavy (non-hydrogen) atoms. The number of fused-ring (bicyclic) bond motifs is 1. The molecule has 0 radical (unpaired) electrons. The minimum absolute atomic E-state index is 0.0327. The normalized spacial score (nSPS) is 17.3.